The Hall–Kier alpha value is -3.48. The van der Waals surface area contributed by atoms with Crippen LogP contribution in [0.5, 0.6) is 0 Å². The van der Waals surface area contributed by atoms with E-state index in [4.69, 9.17) is 0 Å². The first-order valence-corrected chi connectivity index (χ1v) is 10.8. The Morgan fingerprint density at radius 2 is 1.94 bits per heavy atom. The molecule has 7 heteroatoms. The van der Waals surface area contributed by atoms with Gasteiger partial charge in [-0.15, -0.1) is 0 Å². The first-order valence-electron chi connectivity index (χ1n) is 10.8. The van der Waals surface area contributed by atoms with E-state index in [1.165, 1.54) is 0 Å². The molecule has 0 unspecified atom stereocenters. The van der Waals surface area contributed by atoms with E-state index in [9.17, 15) is 4.79 Å². The molecule has 0 N–H and O–H groups in total. The Balaban J connectivity index is 1.44. The fourth-order valence-electron chi connectivity index (χ4n) is 5.31. The van der Waals surface area contributed by atoms with Gasteiger partial charge < -0.3 is 9.47 Å². The van der Waals surface area contributed by atoms with E-state index in [2.05, 4.69) is 39.9 Å². The lowest BCUT2D eigenvalue weighted by atomic mass is 9.82. The second-order valence-corrected chi connectivity index (χ2v) is 8.78. The number of aromatic nitrogens is 5. The van der Waals surface area contributed by atoms with E-state index < -0.39 is 0 Å². The Morgan fingerprint density at radius 3 is 2.77 bits per heavy atom. The quantitative estimate of drug-likeness (QED) is 0.506. The maximum atomic E-state index is 13.0. The summed E-state index contributed by atoms with van der Waals surface area (Å²) in [5.41, 5.74) is 6.02. The summed E-state index contributed by atoms with van der Waals surface area (Å²) in [4.78, 5) is 24.6. The molecular formula is C24H24N6O. The molecule has 2 aliphatic rings. The number of fused-ring (bicyclic) bond motifs is 5. The van der Waals surface area contributed by atoms with Crippen molar-refractivity contribution < 1.29 is 0 Å². The number of pyridine rings is 2. The Morgan fingerprint density at radius 1 is 1.03 bits per heavy atom. The second kappa shape index (κ2) is 6.77. The maximum absolute atomic E-state index is 13.0. The van der Waals surface area contributed by atoms with Gasteiger partial charge in [0.2, 0.25) is 0 Å². The van der Waals surface area contributed by atoms with Gasteiger partial charge in [-0.3, -0.25) is 9.78 Å². The van der Waals surface area contributed by atoms with Gasteiger partial charge in [-0.05, 0) is 44.4 Å². The second-order valence-electron chi connectivity index (χ2n) is 8.78. The molecule has 4 aromatic rings. The van der Waals surface area contributed by atoms with Gasteiger partial charge in [-0.25, -0.2) is 4.98 Å². The van der Waals surface area contributed by atoms with E-state index in [0.717, 1.165) is 65.7 Å². The highest BCUT2D eigenvalue weighted by Crippen LogP contribution is 2.39. The number of hydrogen-bond acceptors (Lipinski definition) is 5. The zero-order chi connectivity index (χ0) is 21.1. The number of piperidine rings is 1. The molecule has 1 fully saturated rings. The van der Waals surface area contributed by atoms with Gasteiger partial charge >= 0.3 is 0 Å². The molecule has 2 bridgehead atoms. The van der Waals surface area contributed by atoms with Crippen molar-refractivity contribution in [1.29, 1.82) is 0 Å². The van der Waals surface area contributed by atoms with Gasteiger partial charge in [0, 0.05) is 66.4 Å². The van der Waals surface area contributed by atoms with Crippen LogP contribution in [0.15, 0.2) is 53.6 Å². The Bertz CT molecular complexity index is 1360. The van der Waals surface area contributed by atoms with Crippen LogP contribution in [0.2, 0.25) is 0 Å². The van der Waals surface area contributed by atoms with Crippen LogP contribution in [0.25, 0.3) is 16.9 Å². The van der Waals surface area contributed by atoms with Crippen LogP contribution in [-0.4, -0.2) is 37.2 Å². The molecule has 1 saturated heterocycles. The number of hydrogen-bond donors (Lipinski definition) is 0. The molecule has 0 aromatic carbocycles. The van der Waals surface area contributed by atoms with Crippen molar-refractivity contribution in [3.8, 4) is 11.3 Å². The third-order valence-electron chi connectivity index (χ3n) is 6.80. The molecule has 0 radical (unpaired) electrons. The molecule has 2 atom stereocenters. The normalized spacial score (nSPS) is 20.1. The standard InChI is InChI=1S/C24H24N6O/c1-15-16(2)27-22-6-8-26-30(22)24(15)28-12-17-9-19(14-28)21-10-18(11-23(31)29(21)13-17)20-5-3-4-7-25-20/h3-8,10-11,17,19H,9,12-14H2,1-2H3/t17-,19+/m0/s1. The van der Waals surface area contributed by atoms with E-state index in [1.807, 2.05) is 39.5 Å². The number of rotatable bonds is 2. The average molecular weight is 412 g/mol. The maximum Gasteiger partial charge on any atom is 0.251 e. The molecule has 0 amide bonds. The molecule has 31 heavy (non-hydrogen) atoms. The summed E-state index contributed by atoms with van der Waals surface area (Å²) >= 11 is 0. The van der Waals surface area contributed by atoms with Crippen LogP contribution in [-0.2, 0) is 6.54 Å². The lowest BCUT2D eigenvalue weighted by Gasteiger charge is -2.44. The highest BCUT2D eigenvalue weighted by molar-refractivity contribution is 5.60. The fourth-order valence-corrected chi connectivity index (χ4v) is 5.31. The summed E-state index contributed by atoms with van der Waals surface area (Å²) in [7, 11) is 0. The predicted octanol–water partition coefficient (Wildman–Crippen LogP) is 3.19. The first-order chi connectivity index (χ1) is 15.1. The third kappa shape index (κ3) is 2.87. The van der Waals surface area contributed by atoms with E-state index in [1.54, 1.807) is 12.3 Å². The number of aryl methyl sites for hydroxylation is 1. The number of anilines is 1. The highest BCUT2D eigenvalue weighted by Gasteiger charge is 2.36. The van der Waals surface area contributed by atoms with Crippen LogP contribution in [0.1, 0.15) is 29.3 Å². The number of nitrogens with zero attached hydrogens (tertiary/aromatic N) is 6. The van der Waals surface area contributed by atoms with E-state index >= 15 is 0 Å². The molecule has 2 aliphatic heterocycles. The molecule has 6 rings (SSSR count). The zero-order valence-electron chi connectivity index (χ0n) is 17.7. The summed E-state index contributed by atoms with van der Waals surface area (Å²) < 4.78 is 3.94. The monoisotopic (exact) mass is 412 g/mol. The Labute approximate surface area is 180 Å². The van der Waals surface area contributed by atoms with Gasteiger partial charge in [0.15, 0.2) is 5.65 Å². The summed E-state index contributed by atoms with van der Waals surface area (Å²) in [6.45, 7) is 6.73. The van der Waals surface area contributed by atoms with E-state index in [0.29, 0.717) is 11.8 Å². The average Bonchev–Trinajstić information content (AvgIpc) is 3.23. The smallest absolute Gasteiger partial charge is 0.251 e. The first kappa shape index (κ1) is 18.3. The highest BCUT2D eigenvalue weighted by atomic mass is 16.1. The molecular weight excluding hydrogens is 388 g/mol. The zero-order valence-corrected chi connectivity index (χ0v) is 17.7. The lowest BCUT2D eigenvalue weighted by Crippen LogP contribution is -2.48. The molecule has 7 nitrogen and oxygen atoms in total. The fraction of sp³-hybridized carbons (Fsp3) is 0.333. The van der Waals surface area contributed by atoms with E-state index in [-0.39, 0.29) is 5.56 Å². The van der Waals surface area contributed by atoms with Crippen molar-refractivity contribution in [3.63, 3.8) is 0 Å². The van der Waals surface area contributed by atoms with Gasteiger partial charge in [-0.2, -0.15) is 9.61 Å². The largest absolute Gasteiger partial charge is 0.355 e. The predicted molar refractivity (Wildman–Crippen MR) is 119 cm³/mol. The topological polar surface area (TPSA) is 68.3 Å². The van der Waals surface area contributed by atoms with Crippen LogP contribution in [0.4, 0.5) is 5.82 Å². The van der Waals surface area contributed by atoms with Crippen molar-refractivity contribution in [2.75, 3.05) is 18.0 Å². The molecule has 156 valence electrons. The summed E-state index contributed by atoms with van der Waals surface area (Å²) in [6, 6.07) is 11.7. The van der Waals surface area contributed by atoms with Crippen molar-refractivity contribution in [2.24, 2.45) is 5.92 Å². The van der Waals surface area contributed by atoms with Crippen molar-refractivity contribution in [1.82, 2.24) is 24.1 Å². The van der Waals surface area contributed by atoms with Crippen LogP contribution in [0, 0.1) is 19.8 Å². The minimum absolute atomic E-state index is 0.0757. The van der Waals surface area contributed by atoms with Crippen LogP contribution >= 0.6 is 0 Å². The molecule has 0 spiro atoms. The van der Waals surface area contributed by atoms with Gasteiger partial charge in [0.25, 0.3) is 5.56 Å². The summed E-state index contributed by atoms with van der Waals surface area (Å²) in [6.07, 6.45) is 4.69. The summed E-state index contributed by atoms with van der Waals surface area (Å²) in [5, 5.41) is 4.55. The Kier molecular flexibility index (Phi) is 4.00. The van der Waals surface area contributed by atoms with Gasteiger partial charge in [0.05, 0.1) is 11.9 Å². The lowest BCUT2D eigenvalue weighted by molar-refractivity contribution is 0.280. The molecule has 0 saturated carbocycles. The molecule has 0 aliphatic carbocycles. The third-order valence-corrected chi connectivity index (χ3v) is 6.80. The van der Waals surface area contributed by atoms with Crippen molar-refractivity contribution >= 4 is 11.5 Å². The van der Waals surface area contributed by atoms with Gasteiger partial charge in [-0.1, -0.05) is 6.07 Å². The minimum atomic E-state index is 0.0757. The minimum Gasteiger partial charge on any atom is -0.355 e. The van der Waals surface area contributed by atoms with Crippen LogP contribution < -0.4 is 10.5 Å². The SMILES string of the molecule is Cc1nc2ccnn2c(N2C[C@@H]3C[C@H](C2)c2cc(-c4ccccn4)cc(=O)n2C3)c1C. The molecule has 4 aromatic heterocycles. The van der Waals surface area contributed by atoms with Crippen LogP contribution in [0.3, 0.4) is 0 Å². The molecule has 6 heterocycles. The van der Waals surface area contributed by atoms with Gasteiger partial charge in [0.1, 0.15) is 5.82 Å². The summed E-state index contributed by atoms with van der Waals surface area (Å²) in [5.74, 6) is 1.85. The van der Waals surface area contributed by atoms with Crippen molar-refractivity contribution in [2.45, 2.75) is 32.7 Å². The van der Waals surface area contributed by atoms with Crippen molar-refractivity contribution in [3.05, 3.63) is 76.1 Å².